The van der Waals surface area contributed by atoms with Crippen molar-refractivity contribution in [2.45, 2.75) is 45.7 Å². The molecule has 0 spiro atoms. The van der Waals surface area contributed by atoms with Gasteiger partial charge < -0.3 is 20.4 Å². The molecule has 59 heavy (non-hydrogen) atoms. The third-order valence-electron chi connectivity index (χ3n) is 10.4. The molecule has 0 bridgehead atoms. The van der Waals surface area contributed by atoms with E-state index in [4.69, 9.17) is 0 Å². The molecule has 2 amide bonds. The highest BCUT2D eigenvalue weighted by Crippen LogP contribution is 2.32. The van der Waals surface area contributed by atoms with E-state index in [-0.39, 0.29) is 55.8 Å². The average Bonchev–Trinajstić information content (AvgIpc) is 3.22. The van der Waals surface area contributed by atoms with Gasteiger partial charge in [-0.05, 0) is 85.6 Å². The van der Waals surface area contributed by atoms with E-state index in [1.807, 2.05) is 48.5 Å². The number of anilines is 2. The fraction of sp³-hybridized carbons (Fsp3) is 0.302. The number of pyridine rings is 4. The molecule has 306 valence electrons. The molecule has 0 atom stereocenters. The van der Waals surface area contributed by atoms with Gasteiger partial charge in [-0.15, -0.1) is 0 Å². The number of piperidine rings is 1. The minimum absolute atomic E-state index is 0.114. The second-order valence-electron chi connectivity index (χ2n) is 14.6. The predicted molar refractivity (Wildman–Crippen MR) is 221 cm³/mol. The summed E-state index contributed by atoms with van der Waals surface area (Å²) >= 11 is 0. The van der Waals surface area contributed by atoms with E-state index in [0.29, 0.717) is 64.7 Å². The Kier molecular flexibility index (Phi) is 12.1. The first-order valence-electron chi connectivity index (χ1n) is 19.2. The zero-order chi connectivity index (χ0) is 41.7. The van der Waals surface area contributed by atoms with Crippen molar-refractivity contribution in [3.8, 4) is 0 Å². The number of carbonyl (C=O) groups excluding carboxylic acids is 2. The van der Waals surface area contributed by atoms with Gasteiger partial charge in [0, 0.05) is 81.0 Å². The molecule has 0 aliphatic carbocycles. The molecule has 8 rings (SSSR count). The van der Waals surface area contributed by atoms with Crippen LogP contribution in [0.5, 0.6) is 0 Å². The molecule has 2 aliphatic heterocycles. The van der Waals surface area contributed by atoms with E-state index in [1.54, 1.807) is 55.4 Å². The summed E-state index contributed by atoms with van der Waals surface area (Å²) < 4.78 is 64.3. The monoisotopic (exact) mass is 824 g/mol. The largest absolute Gasteiger partial charge is 0.369 e. The Morgan fingerprint density at radius 1 is 0.695 bits per heavy atom. The fourth-order valence-electron chi connectivity index (χ4n) is 6.99. The molecule has 2 aromatic carbocycles. The summed E-state index contributed by atoms with van der Waals surface area (Å²) in [6.07, 6.45) is 2.76. The second-order valence-corrected chi connectivity index (χ2v) is 16.9. The minimum atomic E-state index is -2.89. The number of benzene rings is 2. The predicted octanol–water partition coefficient (Wildman–Crippen LogP) is 6.35. The molecule has 16 heteroatoms. The molecule has 4 aromatic heterocycles. The summed E-state index contributed by atoms with van der Waals surface area (Å²) in [5.74, 6) is -3.26. The number of sulfone groups is 1. The minimum Gasteiger partial charge on any atom is -0.369 e. The van der Waals surface area contributed by atoms with E-state index < -0.39 is 21.6 Å². The van der Waals surface area contributed by atoms with Crippen LogP contribution >= 0.6 is 0 Å². The quantitative estimate of drug-likeness (QED) is 0.178. The summed E-state index contributed by atoms with van der Waals surface area (Å²) in [5.41, 5.74) is 6.23. The number of nitrogens with one attached hydrogen (secondary N) is 2. The van der Waals surface area contributed by atoms with Gasteiger partial charge in [-0.3, -0.25) is 9.59 Å². The zero-order valence-corrected chi connectivity index (χ0v) is 33.4. The first kappa shape index (κ1) is 41.0. The fourth-order valence-corrected chi connectivity index (χ4v) is 8.19. The molecule has 2 aliphatic rings. The number of hydrogen-bond donors (Lipinski definition) is 2. The van der Waals surface area contributed by atoms with Crippen molar-refractivity contribution in [3.05, 3.63) is 131 Å². The molecular formula is C43H43F3N8O4S. The third kappa shape index (κ3) is 10.1. The lowest BCUT2D eigenvalue weighted by atomic mass is 10.1. The van der Waals surface area contributed by atoms with Gasteiger partial charge in [-0.25, -0.2) is 41.5 Å². The van der Waals surface area contributed by atoms with Crippen molar-refractivity contribution in [2.24, 2.45) is 0 Å². The zero-order valence-electron chi connectivity index (χ0n) is 32.6. The Balaban J connectivity index is 0.000000179. The smallest absolute Gasteiger partial charge is 0.253 e. The SMILES string of the molecule is Cc1nc2ncccc2cc1C(=O)NCc1ccc(N2CCC(F)(F)CC2)c(F)c1.Cc1nc2ncccc2cc1C(=O)NCc1ccc(N2CCS(=O)(=O)CC2)cc1. The Hall–Kier alpha value is -6.16. The van der Waals surface area contributed by atoms with Crippen molar-refractivity contribution >= 4 is 55.1 Å². The van der Waals surface area contributed by atoms with Crippen molar-refractivity contribution in [3.63, 3.8) is 0 Å². The summed E-state index contributed by atoms with van der Waals surface area (Å²) in [7, 11) is -2.89. The van der Waals surface area contributed by atoms with E-state index in [0.717, 1.165) is 22.0 Å². The van der Waals surface area contributed by atoms with Gasteiger partial charge in [0.15, 0.2) is 21.1 Å². The van der Waals surface area contributed by atoms with Crippen LogP contribution in [-0.4, -0.2) is 83.8 Å². The maximum Gasteiger partial charge on any atom is 0.253 e. The number of hydrogen-bond acceptors (Lipinski definition) is 10. The van der Waals surface area contributed by atoms with E-state index >= 15 is 0 Å². The molecule has 6 aromatic rings. The molecule has 6 heterocycles. The van der Waals surface area contributed by atoms with Crippen LogP contribution in [0.4, 0.5) is 24.5 Å². The average molecular weight is 825 g/mol. The van der Waals surface area contributed by atoms with Crippen molar-refractivity contribution in [2.75, 3.05) is 47.5 Å². The van der Waals surface area contributed by atoms with Crippen LogP contribution in [0.2, 0.25) is 0 Å². The van der Waals surface area contributed by atoms with Crippen LogP contribution in [0.3, 0.4) is 0 Å². The van der Waals surface area contributed by atoms with Crippen LogP contribution in [-0.2, 0) is 22.9 Å². The molecule has 2 saturated heterocycles. The standard InChI is InChI=1S/C22H21F3N4O.C21H22N4O3S/c1-14-17(12-16-3-2-8-26-20(16)28-14)21(30)27-13-15-4-5-19(18(23)11-15)29-9-6-22(24,25)7-10-29;1-15-19(13-17-3-2-8-22-20(17)24-15)21(26)23-14-16-4-6-18(7-5-16)25-9-11-29(27,28)12-10-25/h2-5,8,11-12H,6-7,9-10,13H2,1H3,(H,27,30);2-8,13H,9-12,14H2,1H3,(H,23,26). The third-order valence-corrected chi connectivity index (χ3v) is 12.1. The van der Waals surface area contributed by atoms with Crippen LogP contribution in [0, 0.1) is 19.7 Å². The van der Waals surface area contributed by atoms with Crippen molar-refractivity contribution < 1.29 is 31.2 Å². The van der Waals surface area contributed by atoms with Crippen LogP contribution < -0.4 is 20.4 Å². The number of amides is 2. The van der Waals surface area contributed by atoms with Gasteiger partial charge in [0.05, 0.1) is 39.7 Å². The molecule has 0 radical (unpaired) electrons. The van der Waals surface area contributed by atoms with Gasteiger partial charge in [0.2, 0.25) is 0 Å². The lowest BCUT2D eigenvalue weighted by molar-refractivity contribution is -0.0221. The first-order chi connectivity index (χ1) is 28.2. The summed E-state index contributed by atoms with van der Waals surface area (Å²) in [6.45, 7) is 5.34. The number of fused-ring (bicyclic) bond motifs is 2. The Morgan fingerprint density at radius 2 is 1.20 bits per heavy atom. The summed E-state index contributed by atoms with van der Waals surface area (Å²) in [5, 5.41) is 7.31. The number of carbonyl (C=O) groups is 2. The molecule has 0 unspecified atom stereocenters. The van der Waals surface area contributed by atoms with Gasteiger partial charge in [0.25, 0.3) is 17.7 Å². The highest BCUT2D eigenvalue weighted by molar-refractivity contribution is 7.91. The highest BCUT2D eigenvalue weighted by Gasteiger charge is 2.34. The lowest BCUT2D eigenvalue weighted by Crippen LogP contribution is -2.40. The van der Waals surface area contributed by atoms with E-state index in [9.17, 15) is 31.2 Å². The highest BCUT2D eigenvalue weighted by atomic mass is 32.2. The Labute approximate surface area is 339 Å². The summed E-state index contributed by atoms with van der Waals surface area (Å²) in [4.78, 5) is 46.1. The van der Waals surface area contributed by atoms with Gasteiger partial charge in [-0.2, -0.15) is 0 Å². The van der Waals surface area contributed by atoms with Gasteiger partial charge >= 0.3 is 0 Å². The summed E-state index contributed by atoms with van der Waals surface area (Å²) in [6, 6.07) is 23.3. The number of nitrogens with zero attached hydrogens (tertiary/aromatic N) is 6. The molecule has 2 fully saturated rings. The number of rotatable bonds is 8. The first-order valence-corrected chi connectivity index (χ1v) is 21.0. The second kappa shape index (κ2) is 17.4. The van der Waals surface area contributed by atoms with Gasteiger partial charge in [-0.1, -0.05) is 18.2 Å². The Morgan fingerprint density at radius 3 is 1.73 bits per heavy atom. The Bertz CT molecular complexity index is 2610. The number of halogens is 3. The molecular weight excluding hydrogens is 782 g/mol. The van der Waals surface area contributed by atoms with Crippen LogP contribution in [0.1, 0.15) is 56.1 Å². The molecule has 12 nitrogen and oxygen atoms in total. The topological polar surface area (TPSA) is 150 Å². The maximum absolute atomic E-state index is 14.6. The van der Waals surface area contributed by atoms with Crippen molar-refractivity contribution in [1.29, 1.82) is 0 Å². The number of alkyl halides is 2. The van der Waals surface area contributed by atoms with Crippen LogP contribution in [0.25, 0.3) is 22.1 Å². The maximum atomic E-state index is 14.6. The molecule has 0 saturated carbocycles. The van der Waals surface area contributed by atoms with Crippen LogP contribution in [0.15, 0.2) is 91.3 Å². The number of aryl methyl sites for hydroxylation is 2. The number of aromatic nitrogens is 4. The normalized spacial score (nSPS) is 15.9. The van der Waals surface area contributed by atoms with Crippen molar-refractivity contribution in [1.82, 2.24) is 30.6 Å². The van der Waals surface area contributed by atoms with E-state index in [1.165, 1.54) is 6.07 Å². The lowest BCUT2D eigenvalue weighted by Gasteiger charge is -2.33. The van der Waals surface area contributed by atoms with E-state index in [2.05, 4.69) is 35.5 Å². The van der Waals surface area contributed by atoms with Gasteiger partial charge in [0.1, 0.15) is 5.82 Å². The molecule has 2 N–H and O–H groups in total.